The summed E-state index contributed by atoms with van der Waals surface area (Å²) < 4.78 is 0. The molecule has 0 saturated carbocycles. The summed E-state index contributed by atoms with van der Waals surface area (Å²) in [6.45, 7) is 8.55. The summed E-state index contributed by atoms with van der Waals surface area (Å²) in [6.07, 6.45) is 3.06. The molecule has 1 saturated heterocycles. The second-order valence-corrected chi connectivity index (χ2v) is 5.65. The van der Waals surface area contributed by atoms with E-state index >= 15 is 0 Å². The molecule has 0 spiro atoms. The second kappa shape index (κ2) is 4.06. The fourth-order valence-electron chi connectivity index (χ4n) is 2.04. The number of nitrogens with zero attached hydrogens (tertiary/aromatic N) is 2. The van der Waals surface area contributed by atoms with Gasteiger partial charge in [-0.2, -0.15) is 0 Å². The average Bonchev–Trinajstić information content (AvgIpc) is 2.64. The highest BCUT2D eigenvalue weighted by atomic mass is 15.2. The Kier molecular flexibility index (Phi) is 2.89. The zero-order valence-electron chi connectivity index (χ0n) is 10.4. The third-order valence-electron chi connectivity index (χ3n) is 3.11. The van der Waals surface area contributed by atoms with Crippen LogP contribution in [-0.2, 0) is 5.41 Å². The van der Waals surface area contributed by atoms with Crippen LogP contribution in [0.25, 0.3) is 0 Å². The van der Waals surface area contributed by atoms with Crippen LogP contribution in [-0.4, -0.2) is 24.1 Å². The maximum Gasteiger partial charge on any atom is 0.0553 e. The molecule has 2 N–H and O–H groups in total. The van der Waals surface area contributed by atoms with E-state index in [9.17, 15) is 0 Å². The molecule has 0 bridgehead atoms. The molecule has 0 aliphatic carbocycles. The molecule has 1 aromatic rings. The normalized spacial score (nSPS) is 21.5. The summed E-state index contributed by atoms with van der Waals surface area (Å²) in [6, 6.07) is 4.60. The van der Waals surface area contributed by atoms with E-state index in [1.807, 2.05) is 6.20 Å². The quantitative estimate of drug-likeness (QED) is 0.784. The van der Waals surface area contributed by atoms with E-state index in [-0.39, 0.29) is 5.41 Å². The van der Waals surface area contributed by atoms with Crippen LogP contribution in [0.4, 0.5) is 5.69 Å². The number of anilines is 1. The number of rotatable bonds is 1. The molecule has 1 fully saturated rings. The lowest BCUT2D eigenvalue weighted by Crippen LogP contribution is -2.26. The van der Waals surface area contributed by atoms with E-state index in [4.69, 9.17) is 5.73 Å². The maximum absolute atomic E-state index is 5.90. The Morgan fingerprint density at radius 3 is 2.56 bits per heavy atom. The highest BCUT2D eigenvalue weighted by Gasteiger charge is 2.20. The Morgan fingerprint density at radius 2 is 2.12 bits per heavy atom. The van der Waals surface area contributed by atoms with Gasteiger partial charge in [-0.25, -0.2) is 0 Å². The van der Waals surface area contributed by atoms with Crippen LogP contribution in [0, 0.1) is 0 Å². The SMILES string of the molecule is CC(C)(C)c1ccc(N2CCC(N)C2)cn1. The van der Waals surface area contributed by atoms with E-state index in [0.717, 1.165) is 25.2 Å². The first-order valence-electron chi connectivity index (χ1n) is 5.94. The topological polar surface area (TPSA) is 42.1 Å². The summed E-state index contributed by atoms with van der Waals surface area (Å²) in [5.41, 5.74) is 8.36. The van der Waals surface area contributed by atoms with Crippen LogP contribution >= 0.6 is 0 Å². The van der Waals surface area contributed by atoms with E-state index in [0.29, 0.717) is 6.04 Å². The summed E-state index contributed by atoms with van der Waals surface area (Å²) in [5.74, 6) is 0. The molecular formula is C13H21N3. The van der Waals surface area contributed by atoms with Crippen LogP contribution in [0.3, 0.4) is 0 Å². The Hall–Kier alpha value is -1.09. The van der Waals surface area contributed by atoms with E-state index < -0.39 is 0 Å². The second-order valence-electron chi connectivity index (χ2n) is 5.65. The van der Waals surface area contributed by atoms with Crippen molar-refractivity contribution < 1.29 is 0 Å². The molecule has 1 aliphatic rings. The third kappa shape index (κ3) is 2.35. The van der Waals surface area contributed by atoms with Crippen molar-refractivity contribution in [2.45, 2.75) is 38.6 Å². The third-order valence-corrected chi connectivity index (χ3v) is 3.11. The highest BCUT2D eigenvalue weighted by molar-refractivity contribution is 5.46. The van der Waals surface area contributed by atoms with Crippen molar-refractivity contribution in [3.8, 4) is 0 Å². The Labute approximate surface area is 97.7 Å². The Bertz CT molecular complexity index is 350. The average molecular weight is 219 g/mol. The molecule has 1 aliphatic heterocycles. The molecule has 3 nitrogen and oxygen atoms in total. The largest absolute Gasteiger partial charge is 0.369 e. The van der Waals surface area contributed by atoms with Crippen molar-refractivity contribution in [2.75, 3.05) is 18.0 Å². The fraction of sp³-hybridized carbons (Fsp3) is 0.615. The molecule has 1 atom stereocenters. The Balaban J connectivity index is 2.14. The molecule has 16 heavy (non-hydrogen) atoms. The summed E-state index contributed by atoms with van der Waals surface area (Å²) in [7, 11) is 0. The lowest BCUT2D eigenvalue weighted by molar-refractivity contribution is 0.569. The summed E-state index contributed by atoms with van der Waals surface area (Å²) in [5, 5.41) is 0. The molecule has 1 aromatic heterocycles. The van der Waals surface area contributed by atoms with Gasteiger partial charge in [-0.05, 0) is 18.6 Å². The predicted octanol–water partition coefficient (Wildman–Crippen LogP) is 1.92. The van der Waals surface area contributed by atoms with E-state index in [1.165, 1.54) is 5.69 Å². The number of nitrogens with two attached hydrogens (primary N) is 1. The van der Waals surface area contributed by atoms with Crippen molar-refractivity contribution in [1.29, 1.82) is 0 Å². The molecule has 0 radical (unpaired) electrons. The van der Waals surface area contributed by atoms with Gasteiger partial charge in [0.15, 0.2) is 0 Å². The number of aromatic nitrogens is 1. The number of hydrogen-bond donors (Lipinski definition) is 1. The molecule has 1 unspecified atom stereocenters. The molecule has 3 heteroatoms. The molecule has 0 aromatic carbocycles. The van der Waals surface area contributed by atoms with Crippen LogP contribution in [0.1, 0.15) is 32.9 Å². The Morgan fingerprint density at radius 1 is 1.38 bits per heavy atom. The van der Waals surface area contributed by atoms with Gasteiger partial charge in [0, 0.05) is 30.2 Å². The first-order chi connectivity index (χ1) is 7.47. The summed E-state index contributed by atoms with van der Waals surface area (Å²) >= 11 is 0. The monoisotopic (exact) mass is 219 g/mol. The number of hydrogen-bond acceptors (Lipinski definition) is 3. The first-order valence-corrected chi connectivity index (χ1v) is 5.94. The van der Waals surface area contributed by atoms with Gasteiger partial charge in [0.1, 0.15) is 0 Å². The van der Waals surface area contributed by atoms with Gasteiger partial charge in [-0.15, -0.1) is 0 Å². The van der Waals surface area contributed by atoms with Gasteiger partial charge in [-0.1, -0.05) is 20.8 Å². The van der Waals surface area contributed by atoms with Gasteiger partial charge in [0.2, 0.25) is 0 Å². The van der Waals surface area contributed by atoms with Gasteiger partial charge in [0.25, 0.3) is 0 Å². The maximum atomic E-state index is 5.90. The lowest BCUT2D eigenvalue weighted by Gasteiger charge is -2.21. The summed E-state index contributed by atoms with van der Waals surface area (Å²) in [4.78, 5) is 6.85. The molecule has 88 valence electrons. The minimum Gasteiger partial charge on any atom is -0.369 e. The van der Waals surface area contributed by atoms with Crippen molar-refractivity contribution >= 4 is 5.69 Å². The standard InChI is InChI=1S/C13H21N3/c1-13(2,3)12-5-4-11(8-15-12)16-7-6-10(14)9-16/h4-5,8,10H,6-7,9,14H2,1-3H3. The minimum absolute atomic E-state index is 0.125. The van der Waals surface area contributed by atoms with E-state index in [2.05, 4.69) is 42.8 Å². The fourth-order valence-corrected chi connectivity index (χ4v) is 2.04. The lowest BCUT2D eigenvalue weighted by atomic mass is 9.92. The van der Waals surface area contributed by atoms with Crippen molar-refractivity contribution in [3.63, 3.8) is 0 Å². The zero-order chi connectivity index (χ0) is 11.8. The molecule has 0 amide bonds. The molecule has 2 rings (SSSR count). The van der Waals surface area contributed by atoms with Crippen molar-refractivity contribution in [3.05, 3.63) is 24.0 Å². The van der Waals surface area contributed by atoms with E-state index in [1.54, 1.807) is 0 Å². The van der Waals surface area contributed by atoms with Crippen LogP contribution in [0.5, 0.6) is 0 Å². The first kappa shape index (κ1) is 11.4. The van der Waals surface area contributed by atoms with Gasteiger partial charge >= 0.3 is 0 Å². The van der Waals surface area contributed by atoms with Crippen LogP contribution in [0.2, 0.25) is 0 Å². The molecule has 2 heterocycles. The van der Waals surface area contributed by atoms with Gasteiger partial charge in [0.05, 0.1) is 11.9 Å². The number of pyridine rings is 1. The molecular weight excluding hydrogens is 198 g/mol. The van der Waals surface area contributed by atoms with Crippen molar-refractivity contribution in [2.24, 2.45) is 5.73 Å². The minimum atomic E-state index is 0.125. The van der Waals surface area contributed by atoms with Crippen LogP contribution in [0.15, 0.2) is 18.3 Å². The van der Waals surface area contributed by atoms with Gasteiger partial charge < -0.3 is 10.6 Å². The smallest absolute Gasteiger partial charge is 0.0553 e. The highest BCUT2D eigenvalue weighted by Crippen LogP contribution is 2.23. The van der Waals surface area contributed by atoms with Crippen molar-refractivity contribution in [1.82, 2.24) is 4.98 Å². The zero-order valence-corrected chi connectivity index (χ0v) is 10.4. The predicted molar refractivity (Wildman–Crippen MR) is 67.7 cm³/mol. The van der Waals surface area contributed by atoms with Gasteiger partial charge in [-0.3, -0.25) is 4.98 Å². The van der Waals surface area contributed by atoms with Crippen LogP contribution < -0.4 is 10.6 Å².